The lowest BCUT2D eigenvalue weighted by atomic mass is 9.93. The molecule has 138 valence electrons. The minimum absolute atomic E-state index is 0.00762. The summed E-state index contributed by atoms with van der Waals surface area (Å²) in [6, 6.07) is 0.564. The van der Waals surface area contributed by atoms with E-state index in [0.29, 0.717) is 0 Å². The number of nitrogens with one attached hydrogen (secondary N) is 1. The number of ether oxygens (including phenoxy) is 1. The number of nitro groups is 1. The van der Waals surface area contributed by atoms with Crippen molar-refractivity contribution < 1.29 is 28.7 Å². The van der Waals surface area contributed by atoms with Crippen LogP contribution in [-0.4, -0.2) is 33.7 Å². The zero-order chi connectivity index (χ0) is 19.5. The average molecular weight is 377 g/mol. The van der Waals surface area contributed by atoms with Gasteiger partial charge >= 0.3 is 17.7 Å². The van der Waals surface area contributed by atoms with Gasteiger partial charge < -0.3 is 15.2 Å². The summed E-state index contributed by atoms with van der Waals surface area (Å²) in [4.78, 5) is 33.1. The first-order valence-electron chi connectivity index (χ1n) is 7.19. The standard InChI is InChI=1S/C15H18ClFN2O6/c1-7(8-5-6-9(19(23)24)11(17)10(8)16)12(13(20)21)18-14(22)25-15(2,3)4/h5-7,12H,1-4H3,(H,18,22)(H,20,21)/t7-,12+/m0/s1. The number of amides is 1. The third-order valence-electron chi connectivity index (χ3n) is 3.22. The fraction of sp³-hybridized carbons (Fsp3) is 0.467. The Morgan fingerprint density at radius 1 is 1.40 bits per heavy atom. The second-order valence-electron chi connectivity index (χ2n) is 6.31. The van der Waals surface area contributed by atoms with Gasteiger partial charge in [0, 0.05) is 12.0 Å². The largest absolute Gasteiger partial charge is 0.480 e. The van der Waals surface area contributed by atoms with Crippen molar-refractivity contribution in [2.75, 3.05) is 0 Å². The maximum Gasteiger partial charge on any atom is 0.408 e. The quantitative estimate of drug-likeness (QED) is 0.600. The molecular weight excluding hydrogens is 359 g/mol. The van der Waals surface area contributed by atoms with Gasteiger partial charge in [-0.15, -0.1) is 0 Å². The van der Waals surface area contributed by atoms with Crippen LogP contribution in [-0.2, 0) is 9.53 Å². The van der Waals surface area contributed by atoms with Crippen LogP contribution in [0.25, 0.3) is 0 Å². The van der Waals surface area contributed by atoms with Crippen LogP contribution in [0, 0.1) is 15.9 Å². The number of nitrogens with zero attached hydrogens (tertiary/aromatic N) is 1. The fourth-order valence-corrected chi connectivity index (χ4v) is 2.39. The summed E-state index contributed by atoms with van der Waals surface area (Å²) < 4.78 is 19.0. The topological polar surface area (TPSA) is 119 Å². The lowest BCUT2D eigenvalue weighted by Gasteiger charge is -2.25. The Bertz CT molecular complexity index is 704. The predicted octanol–water partition coefficient (Wildman–Crippen LogP) is 3.47. The molecule has 0 bridgehead atoms. The molecule has 2 N–H and O–H groups in total. The van der Waals surface area contributed by atoms with Crippen LogP contribution in [0.2, 0.25) is 5.02 Å². The number of carboxylic acids is 1. The second kappa shape index (κ2) is 7.64. The molecule has 8 nitrogen and oxygen atoms in total. The molecule has 1 amide bonds. The molecule has 10 heteroatoms. The van der Waals surface area contributed by atoms with E-state index in [1.165, 1.54) is 6.92 Å². The van der Waals surface area contributed by atoms with E-state index in [-0.39, 0.29) is 5.56 Å². The average Bonchev–Trinajstić information content (AvgIpc) is 2.44. The molecule has 0 heterocycles. The van der Waals surface area contributed by atoms with Crippen molar-refractivity contribution >= 4 is 29.4 Å². The Kier molecular flexibility index (Phi) is 6.31. The minimum Gasteiger partial charge on any atom is -0.480 e. The SMILES string of the molecule is C[C@@H](c1ccc([N+](=O)[O-])c(F)c1Cl)[C@@H](NC(=O)OC(C)(C)C)C(=O)O. The predicted molar refractivity (Wildman–Crippen MR) is 87.3 cm³/mol. The van der Waals surface area contributed by atoms with E-state index in [0.717, 1.165) is 12.1 Å². The number of carbonyl (C=O) groups excluding carboxylic acids is 1. The number of hydrogen-bond acceptors (Lipinski definition) is 5. The van der Waals surface area contributed by atoms with Crippen LogP contribution in [0.15, 0.2) is 12.1 Å². The number of carbonyl (C=O) groups is 2. The number of carboxylic acid groups (broad SMARTS) is 1. The molecule has 25 heavy (non-hydrogen) atoms. The molecule has 2 atom stereocenters. The van der Waals surface area contributed by atoms with E-state index in [1.807, 2.05) is 0 Å². The molecule has 0 aliphatic heterocycles. The van der Waals surface area contributed by atoms with E-state index in [2.05, 4.69) is 5.32 Å². The molecule has 1 aromatic carbocycles. The fourth-order valence-electron chi connectivity index (χ4n) is 2.06. The first kappa shape index (κ1) is 20.6. The summed E-state index contributed by atoms with van der Waals surface area (Å²) in [5.41, 5.74) is -1.66. The third kappa shape index (κ3) is 5.28. The van der Waals surface area contributed by atoms with Gasteiger partial charge in [0.15, 0.2) is 0 Å². The third-order valence-corrected chi connectivity index (χ3v) is 3.60. The van der Waals surface area contributed by atoms with Crippen LogP contribution in [0.4, 0.5) is 14.9 Å². The smallest absolute Gasteiger partial charge is 0.408 e. The lowest BCUT2D eigenvalue weighted by Crippen LogP contribution is -2.46. The Morgan fingerprint density at radius 2 is 1.96 bits per heavy atom. The van der Waals surface area contributed by atoms with E-state index < -0.39 is 51.1 Å². The molecule has 0 radical (unpaired) electrons. The summed E-state index contributed by atoms with van der Waals surface area (Å²) >= 11 is 5.81. The van der Waals surface area contributed by atoms with Gasteiger partial charge in [-0.3, -0.25) is 10.1 Å². The van der Waals surface area contributed by atoms with E-state index in [9.17, 15) is 29.2 Å². The number of nitro benzene ring substituents is 1. The zero-order valence-corrected chi connectivity index (χ0v) is 14.8. The highest BCUT2D eigenvalue weighted by atomic mass is 35.5. The van der Waals surface area contributed by atoms with Crippen molar-refractivity contribution in [3.05, 3.63) is 38.7 Å². The molecule has 0 saturated carbocycles. The lowest BCUT2D eigenvalue weighted by molar-refractivity contribution is -0.387. The number of alkyl carbamates (subject to hydrolysis) is 1. The van der Waals surface area contributed by atoms with Crippen LogP contribution >= 0.6 is 11.6 Å². The van der Waals surface area contributed by atoms with Gasteiger partial charge in [0.1, 0.15) is 11.6 Å². The summed E-state index contributed by atoms with van der Waals surface area (Å²) in [7, 11) is 0. The maximum atomic E-state index is 14.0. The molecule has 0 aliphatic carbocycles. The molecule has 1 rings (SSSR count). The highest BCUT2D eigenvalue weighted by molar-refractivity contribution is 6.31. The van der Waals surface area contributed by atoms with Crippen molar-refractivity contribution in [3.63, 3.8) is 0 Å². The second-order valence-corrected chi connectivity index (χ2v) is 6.69. The van der Waals surface area contributed by atoms with E-state index in [1.54, 1.807) is 20.8 Å². The summed E-state index contributed by atoms with van der Waals surface area (Å²) in [6.07, 6.45) is -0.967. The van der Waals surface area contributed by atoms with Gasteiger partial charge in [-0.1, -0.05) is 24.6 Å². The molecule has 0 spiro atoms. The first-order chi connectivity index (χ1) is 11.3. The summed E-state index contributed by atoms with van der Waals surface area (Å²) in [5, 5.41) is 21.7. The Labute approximate surface area is 148 Å². The molecule has 0 fully saturated rings. The van der Waals surface area contributed by atoms with Gasteiger partial charge in [-0.2, -0.15) is 4.39 Å². The van der Waals surface area contributed by atoms with Crippen LogP contribution < -0.4 is 5.32 Å². The van der Waals surface area contributed by atoms with Crippen LogP contribution in [0.1, 0.15) is 39.2 Å². The number of benzene rings is 1. The van der Waals surface area contributed by atoms with Gasteiger partial charge in [0.2, 0.25) is 5.82 Å². The molecule has 0 aromatic heterocycles. The monoisotopic (exact) mass is 376 g/mol. The van der Waals surface area contributed by atoms with Gasteiger partial charge in [0.25, 0.3) is 0 Å². The molecule has 0 aliphatic rings. The number of halogens is 2. The van der Waals surface area contributed by atoms with E-state index >= 15 is 0 Å². The molecule has 0 unspecified atom stereocenters. The van der Waals surface area contributed by atoms with Crippen molar-refractivity contribution in [1.82, 2.24) is 5.32 Å². The number of aliphatic carboxylic acids is 1. The molecule has 1 aromatic rings. The highest BCUT2D eigenvalue weighted by Gasteiger charge is 2.32. The highest BCUT2D eigenvalue weighted by Crippen LogP contribution is 2.33. The Hall–Kier alpha value is -2.42. The summed E-state index contributed by atoms with van der Waals surface area (Å²) in [5.74, 6) is -3.64. The van der Waals surface area contributed by atoms with Crippen LogP contribution in [0.3, 0.4) is 0 Å². The maximum absolute atomic E-state index is 14.0. The van der Waals surface area contributed by atoms with Gasteiger partial charge in [-0.05, 0) is 26.3 Å². The number of rotatable bonds is 5. The molecule has 0 saturated heterocycles. The zero-order valence-electron chi connectivity index (χ0n) is 14.0. The Morgan fingerprint density at radius 3 is 2.40 bits per heavy atom. The Balaban J connectivity index is 3.14. The van der Waals surface area contributed by atoms with Crippen molar-refractivity contribution in [1.29, 1.82) is 0 Å². The van der Waals surface area contributed by atoms with Gasteiger partial charge in [-0.25, -0.2) is 9.59 Å². The van der Waals surface area contributed by atoms with Crippen molar-refractivity contribution in [2.24, 2.45) is 0 Å². The number of hydrogen-bond donors (Lipinski definition) is 2. The summed E-state index contributed by atoms with van der Waals surface area (Å²) in [6.45, 7) is 6.21. The van der Waals surface area contributed by atoms with Crippen LogP contribution in [0.5, 0.6) is 0 Å². The first-order valence-corrected chi connectivity index (χ1v) is 7.57. The minimum atomic E-state index is -1.48. The normalized spacial score (nSPS) is 13.7. The van der Waals surface area contributed by atoms with E-state index in [4.69, 9.17) is 16.3 Å². The molecular formula is C15H18ClFN2O6. The van der Waals surface area contributed by atoms with Gasteiger partial charge in [0.05, 0.1) is 9.95 Å². The van der Waals surface area contributed by atoms with Crippen molar-refractivity contribution in [2.45, 2.75) is 45.3 Å². The van der Waals surface area contributed by atoms with Crippen molar-refractivity contribution in [3.8, 4) is 0 Å².